The van der Waals surface area contributed by atoms with Crippen LogP contribution in [-0.2, 0) is 7.05 Å². The van der Waals surface area contributed by atoms with Crippen molar-refractivity contribution < 1.29 is 9.53 Å². The maximum Gasteiger partial charge on any atom is 0.315 e. The van der Waals surface area contributed by atoms with Crippen LogP contribution in [0.4, 0.5) is 4.79 Å². The van der Waals surface area contributed by atoms with Crippen LogP contribution in [0.1, 0.15) is 41.9 Å². The summed E-state index contributed by atoms with van der Waals surface area (Å²) in [5.74, 6) is 1.63. The minimum Gasteiger partial charge on any atom is -0.493 e. The van der Waals surface area contributed by atoms with Gasteiger partial charge in [-0.1, -0.05) is 6.07 Å². The Balaban J connectivity index is 1.69. The molecule has 0 aliphatic carbocycles. The summed E-state index contributed by atoms with van der Waals surface area (Å²) in [6.45, 7) is 9.17. The number of urea groups is 1. The SMILES string of the molecule is Cc1cc(C)c(C)c(OCCCNC(=O)N[C@@H](C)c2nncn2C)c1. The number of rotatable bonds is 7. The predicted octanol–water partition coefficient (Wildman–Crippen LogP) is 2.57. The lowest BCUT2D eigenvalue weighted by atomic mass is 10.1. The van der Waals surface area contributed by atoms with Crippen molar-refractivity contribution in [3.8, 4) is 5.75 Å². The number of aryl methyl sites for hydroxylation is 3. The van der Waals surface area contributed by atoms with Crippen LogP contribution in [0.25, 0.3) is 0 Å². The summed E-state index contributed by atoms with van der Waals surface area (Å²) in [5, 5.41) is 13.5. The van der Waals surface area contributed by atoms with E-state index >= 15 is 0 Å². The summed E-state index contributed by atoms with van der Waals surface area (Å²) in [5.41, 5.74) is 3.58. The standard InChI is InChI=1S/C18H27N5O2/c1-12-9-13(2)14(3)16(10-12)25-8-6-7-19-18(24)21-15(4)17-22-20-11-23(17)5/h9-11,15H,6-8H2,1-5H3,(H2,19,21,24)/t15-/m0/s1. The van der Waals surface area contributed by atoms with Gasteiger partial charge in [-0.05, 0) is 56.9 Å². The van der Waals surface area contributed by atoms with Crippen molar-refractivity contribution in [1.82, 2.24) is 25.4 Å². The first kappa shape index (κ1) is 18.8. The third kappa shape index (κ3) is 5.20. The van der Waals surface area contributed by atoms with Crippen LogP contribution >= 0.6 is 0 Å². The van der Waals surface area contributed by atoms with E-state index in [2.05, 4.69) is 47.7 Å². The Kier molecular flexibility index (Phi) is 6.38. The predicted molar refractivity (Wildman–Crippen MR) is 96.7 cm³/mol. The average molecular weight is 345 g/mol. The summed E-state index contributed by atoms with van der Waals surface area (Å²) in [4.78, 5) is 11.9. The van der Waals surface area contributed by atoms with Crippen molar-refractivity contribution in [3.05, 3.63) is 41.0 Å². The number of benzene rings is 1. The summed E-state index contributed by atoms with van der Waals surface area (Å²) >= 11 is 0. The fraction of sp³-hybridized carbons (Fsp3) is 0.500. The first-order valence-corrected chi connectivity index (χ1v) is 8.47. The highest BCUT2D eigenvalue weighted by Gasteiger charge is 2.13. The van der Waals surface area contributed by atoms with Gasteiger partial charge in [0.05, 0.1) is 12.6 Å². The quantitative estimate of drug-likeness (QED) is 0.756. The zero-order chi connectivity index (χ0) is 18.4. The highest BCUT2D eigenvalue weighted by atomic mass is 16.5. The van der Waals surface area contributed by atoms with Gasteiger partial charge in [0.15, 0.2) is 5.82 Å². The number of carbonyl (C=O) groups is 1. The Bertz CT molecular complexity index is 726. The zero-order valence-electron chi connectivity index (χ0n) is 15.6. The smallest absolute Gasteiger partial charge is 0.315 e. The van der Waals surface area contributed by atoms with E-state index in [4.69, 9.17) is 4.74 Å². The molecule has 0 aliphatic rings. The van der Waals surface area contributed by atoms with Crippen LogP contribution in [-0.4, -0.2) is 33.9 Å². The molecule has 2 aromatic rings. The number of hydrogen-bond acceptors (Lipinski definition) is 4. The maximum absolute atomic E-state index is 11.9. The average Bonchev–Trinajstić information content (AvgIpc) is 2.97. The van der Waals surface area contributed by atoms with E-state index in [0.29, 0.717) is 19.0 Å². The minimum absolute atomic E-state index is 0.207. The second-order valence-electron chi connectivity index (χ2n) is 6.33. The van der Waals surface area contributed by atoms with Crippen molar-refractivity contribution >= 4 is 6.03 Å². The Morgan fingerprint density at radius 1 is 1.32 bits per heavy atom. The van der Waals surface area contributed by atoms with Gasteiger partial charge in [-0.3, -0.25) is 0 Å². The topological polar surface area (TPSA) is 81.1 Å². The molecular formula is C18H27N5O2. The zero-order valence-corrected chi connectivity index (χ0v) is 15.6. The highest BCUT2D eigenvalue weighted by molar-refractivity contribution is 5.74. The van der Waals surface area contributed by atoms with E-state index in [1.165, 1.54) is 11.1 Å². The lowest BCUT2D eigenvalue weighted by molar-refractivity contribution is 0.235. The summed E-state index contributed by atoms with van der Waals surface area (Å²) in [6, 6.07) is 3.76. The molecule has 2 amide bonds. The Labute approximate surface area is 148 Å². The number of amides is 2. The van der Waals surface area contributed by atoms with Crippen molar-refractivity contribution in [2.24, 2.45) is 7.05 Å². The van der Waals surface area contributed by atoms with E-state index < -0.39 is 0 Å². The molecule has 1 heterocycles. The monoisotopic (exact) mass is 345 g/mol. The van der Waals surface area contributed by atoms with E-state index in [1.54, 1.807) is 10.9 Å². The summed E-state index contributed by atoms with van der Waals surface area (Å²) < 4.78 is 7.63. The van der Waals surface area contributed by atoms with Gasteiger partial charge in [-0.15, -0.1) is 10.2 Å². The first-order valence-electron chi connectivity index (χ1n) is 8.47. The molecule has 0 spiro atoms. The van der Waals surface area contributed by atoms with Crippen molar-refractivity contribution in [2.75, 3.05) is 13.2 Å². The first-order chi connectivity index (χ1) is 11.9. The van der Waals surface area contributed by atoms with Gasteiger partial charge in [0.1, 0.15) is 12.1 Å². The molecule has 0 radical (unpaired) electrons. The lowest BCUT2D eigenvalue weighted by Gasteiger charge is -2.14. The van der Waals surface area contributed by atoms with Crippen LogP contribution in [0.3, 0.4) is 0 Å². The number of ether oxygens (including phenoxy) is 1. The van der Waals surface area contributed by atoms with E-state index in [0.717, 1.165) is 17.7 Å². The number of nitrogens with zero attached hydrogens (tertiary/aromatic N) is 3. The maximum atomic E-state index is 11.9. The molecule has 7 nitrogen and oxygen atoms in total. The Hall–Kier alpha value is -2.57. The summed E-state index contributed by atoms with van der Waals surface area (Å²) in [7, 11) is 1.84. The normalized spacial score (nSPS) is 11.9. The molecule has 2 N–H and O–H groups in total. The molecule has 2 rings (SSSR count). The molecule has 0 fully saturated rings. The second-order valence-corrected chi connectivity index (χ2v) is 6.33. The van der Waals surface area contributed by atoms with Gasteiger partial charge in [-0.25, -0.2) is 4.79 Å². The molecule has 1 atom stereocenters. The molecule has 0 saturated carbocycles. The van der Waals surface area contributed by atoms with Gasteiger partial charge in [0.25, 0.3) is 0 Å². The van der Waals surface area contributed by atoms with E-state index in [-0.39, 0.29) is 12.1 Å². The molecule has 1 aromatic carbocycles. The largest absolute Gasteiger partial charge is 0.493 e. The molecule has 7 heteroatoms. The third-order valence-electron chi connectivity index (χ3n) is 4.11. The van der Waals surface area contributed by atoms with Gasteiger partial charge >= 0.3 is 6.03 Å². The van der Waals surface area contributed by atoms with Gasteiger partial charge in [0.2, 0.25) is 0 Å². The van der Waals surface area contributed by atoms with E-state index in [9.17, 15) is 4.79 Å². The Morgan fingerprint density at radius 3 is 2.76 bits per heavy atom. The summed E-state index contributed by atoms with van der Waals surface area (Å²) in [6.07, 6.45) is 2.34. The van der Waals surface area contributed by atoms with Gasteiger partial charge < -0.3 is 19.9 Å². The number of nitrogens with one attached hydrogen (secondary N) is 2. The molecule has 0 aliphatic heterocycles. The second kappa shape index (κ2) is 8.50. The molecular weight excluding hydrogens is 318 g/mol. The van der Waals surface area contributed by atoms with Crippen LogP contribution in [0.5, 0.6) is 5.75 Å². The van der Waals surface area contributed by atoms with Crippen molar-refractivity contribution in [3.63, 3.8) is 0 Å². The minimum atomic E-state index is -0.224. The number of carbonyl (C=O) groups excluding carboxylic acids is 1. The molecule has 25 heavy (non-hydrogen) atoms. The van der Waals surface area contributed by atoms with Crippen LogP contribution in [0.2, 0.25) is 0 Å². The highest BCUT2D eigenvalue weighted by Crippen LogP contribution is 2.23. The number of aromatic nitrogens is 3. The van der Waals surface area contributed by atoms with E-state index in [1.807, 2.05) is 20.0 Å². The molecule has 1 aromatic heterocycles. The molecule has 0 unspecified atom stereocenters. The van der Waals surface area contributed by atoms with Gasteiger partial charge in [-0.2, -0.15) is 0 Å². The lowest BCUT2D eigenvalue weighted by Crippen LogP contribution is -2.38. The molecule has 136 valence electrons. The Morgan fingerprint density at radius 2 is 2.08 bits per heavy atom. The fourth-order valence-electron chi connectivity index (χ4n) is 2.60. The molecule has 0 saturated heterocycles. The van der Waals surface area contributed by atoms with Crippen LogP contribution in [0.15, 0.2) is 18.5 Å². The third-order valence-corrected chi connectivity index (χ3v) is 4.11. The van der Waals surface area contributed by atoms with Crippen LogP contribution in [0, 0.1) is 20.8 Å². The van der Waals surface area contributed by atoms with Crippen LogP contribution < -0.4 is 15.4 Å². The fourth-order valence-corrected chi connectivity index (χ4v) is 2.60. The van der Waals surface area contributed by atoms with Gasteiger partial charge in [0, 0.05) is 13.6 Å². The van der Waals surface area contributed by atoms with Crippen molar-refractivity contribution in [1.29, 1.82) is 0 Å². The van der Waals surface area contributed by atoms with Crippen molar-refractivity contribution in [2.45, 2.75) is 40.2 Å². The number of hydrogen-bond donors (Lipinski definition) is 2. The molecule has 0 bridgehead atoms.